The number of carbonyl (C=O) groups is 1. The molecule has 0 bridgehead atoms. The lowest BCUT2D eigenvalue weighted by molar-refractivity contribution is -0.144. The summed E-state index contributed by atoms with van der Waals surface area (Å²) in [5.74, 6) is -0.161. The summed E-state index contributed by atoms with van der Waals surface area (Å²) in [6.07, 6.45) is 3.86. The van der Waals surface area contributed by atoms with Gasteiger partial charge in [-0.3, -0.25) is 4.99 Å². The molecule has 1 atom stereocenters. The molecular formula is C15H17NO2. The van der Waals surface area contributed by atoms with E-state index < -0.39 is 5.54 Å². The molecule has 2 rings (SSSR count). The van der Waals surface area contributed by atoms with Gasteiger partial charge in [-0.1, -0.05) is 50.3 Å². The fraction of sp³-hybridized carbons (Fsp3) is 0.333. The van der Waals surface area contributed by atoms with Crippen molar-refractivity contribution in [3.63, 3.8) is 0 Å². The van der Waals surface area contributed by atoms with Crippen LogP contribution in [0.15, 0.2) is 41.4 Å². The standard InChI is InChI=1S/C15H17NO2/c1-11(2)15(14(17)18-3)13(16-15)10-9-12-7-5-4-6-8-12/h4-11H,1-3H3. The summed E-state index contributed by atoms with van der Waals surface area (Å²) in [4.78, 5) is 16.1. The molecule has 3 heteroatoms. The van der Waals surface area contributed by atoms with Gasteiger partial charge in [0.15, 0.2) is 0 Å². The lowest BCUT2D eigenvalue weighted by Crippen LogP contribution is -2.36. The molecule has 0 aromatic heterocycles. The highest BCUT2D eigenvalue weighted by Crippen LogP contribution is 2.38. The van der Waals surface area contributed by atoms with Crippen LogP contribution >= 0.6 is 0 Å². The van der Waals surface area contributed by atoms with Gasteiger partial charge in [0.2, 0.25) is 5.54 Å². The van der Waals surface area contributed by atoms with Crippen molar-refractivity contribution < 1.29 is 9.53 Å². The zero-order chi connectivity index (χ0) is 13.2. The summed E-state index contributed by atoms with van der Waals surface area (Å²) in [7, 11) is 1.40. The molecule has 1 aliphatic rings. The van der Waals surface area contributed by atoms with E-state index in [-0.39, 0.29) is 11.9 Å². The predicted molar refractivity (Wildman–Crippen MR) is 72.5 cm³/mol. The minimum Gasteiger partial charge on any atom is -0.467 e. The van der Waals surface area contributed by atoms with Gasteiger partial charge in [-0.25, -0.2) is 4.79 Å². The molecule has 1 aromatic carbocycles. The molecule has 0 aliphatic carbocycles. The number of hydrogen-bond donors (Lipinski definition) is 0. The number of aliphatic imine (C=N–C) groups is 1. The molecule has 0 radical (unpaired) electrons. The number of carbonyl (C=O) groups excluding carboxylic acids is 1. The van der Waals surface area contributed by atoms with Crippen LogP contribution in [0.4, 0.5) is 0 Å². The van der Waals surface area contributed by atoms with Gasteiger partial charge in [0.25, 0.3) is 0 Å². The average molecular weight is 243 g/mol. The Morgan fingerprint density at radius 2 is 1.94 bits per heavy atom. The third-order valence-corrected chi connectivity index (χ3v) is 3.20. The van der Waals surface area contributed by atoms with E-state index in [1.54, 1.807) is 0 Å². The summed E-state index contributed by atoms with van der Waals surface area (Å²) in [5.41, 5.74) is 1.14. The first-order chi connectivity index (χ1) is 8.61. The van der Waals surface area contributed by atoms with Crippen LogP contribution in [0, 0.1) is 5.92 Å². The maximum Gasteiger partial charge on any atom is 0.340 e. The molecule has 0 N–H and O–H groups in total. The van der Waals surface area contributed by atoms with Crippen LogP contribution in [-0.2, 0) is 9.53 Å². The van der Waals surface area contributed by atoms with Crippen LogP contribution < -0.4 is 0 Å². The summed E-state index contributed by atoms with van der Waals surface area (Å²) in [5, 5.41) is 0. The van der Waals surface area contributed by atoms with Crippen molar-refractivity contribution >= 4 is 17.8 Å². The highest BCUT2D eigenvalue weighted by molar-refractivity contribution is 6.27. The normalized spacial score (nSPS) is 22.1. The Balaban J connectivity index is 2.11. The fourth-order valence-electron chi connectivity index (χ4n) is 2.03. The van der Waals surface area contributed by atoms with Crippen LogP contribution in [0.1, 0.15) is 19.4 Å². The van der Waals surface area contributed by atoms with Crippen molar-refractivity contribution in [1.29, 1.82) is 0 Å². The van der Waals surface area contributed by atoms with E-state index in [1.807, 2.05) is 56.3 Å². The zero-order valence-corrected chi connectivity index (χ0v) is 10.9. The highest BCUT2D eigenvalue weighted by Gasteiger charge is 2.56. The van der Waals surface area contributed by atoms with E-state index in [1.165, 1.54) is 7.11 Å². The molecule has 0 saturated heterocycles. The summed E-state index contributed by atoms with van der Waals surface area (Å²) < 4.78 is 4.83. The smallest absolute Gasteiger partial charge is 0.340 e. The van der Waals surface area contributed by atoms with Gasteiger partial charge >= 0.3 is 5.97 Å². The van der Waals surface area contributed by atoms with Crippen molar-refractivity contribution in [2.75, 3.05) is 7.11 Å². The predicted octanol–water partition coefficient (Wildman–Crippen LogP) is 2.72. The number of benzene rings is 1. The summed E-state index contributed by atoms with van der Waals surface area (Å²) >= 11 is 0. The molecule has 1 aromatic rings. The van der Waals surface area contributed by atoms with E-state index in [2.05, 4.69) is 4.99 Å². The Labute approximate surface area is 107 Å². The SMILES string of the molecule is COC(=O)C1(C(C)C)N=C1C=Cc1ccccc1. The Morgan fingerprint density at radius 3 is 2.50 bits per heavy atom. The van der Waals surface area contributed by atoms with E-state index in [0.29, 0.717) is 0 Å². The molecule has 94 valence electrons. The third-order valence-electron chi connectivity index (χ3n) is 3.20. The monoisotopic (exact) mass is 243 g/mol. The number of esters is 1. The quantitative estimate of drug-likeness (QED) is 0.763. The first kappa shape index (κ1) is 12.6. The largest absolute Gasteiger partial charge is 0.467 e. The highest BCUT2D eigenvalue weighted by atomic mass is 16.5. The topological polar surface area (TPSA) is 38.7 Å². The van der Waals surface area contributed by atoms with E-state index in [4.69, 9.17) is 4.74 Å². The number of rotatable bonds is 4. The van der Waals surface area contributed by atoms with Gasteiger partial charge in [-0.15, -0.1) is 0 Å². The van der Waals surface area contributed by atoms with Crippen molar-refractivity contribution in [2.45, 2.75) is 19.4 Å². The molecule has 0 spiro atoms. The van der Waals surface area contributed by atoms with Gasteiger partial charge < -0.3 is 4.74 Å². The molecular weight excluding hydrogens is 226 g/mol. The Hall–Kier alpha value is -1.90. The van der Waals surface area contributed by atoms with E-state index in [9.17, 15) is 4.79 Å². The van der Waals surface area contributed by atoms with E-state index in [0.717, 1.165) is 11.3 Å². The van der Waals surface area contributed by atoms with E-state index >= 15 is 0 Å². The zero-order valence-electron chi connectivity index (χ0n) is 10.9. The number of nitrogens with zero attached hydrogens (tertiary/aromatic N) is 1. The number of methoxy groups -OCH3 is 1. The molecule has 3 nitrogen and oxygen atoms in total. The second-order valence-electron chi connectivity index (χ2n) is 4.65. The molecule has 0 saturated carbocycles. The number of ether oxygens (including phenoxy) is 1. The lowest BCUT2D eigenvalue weighted by atomic mass is 9.90. The van der Waals surface area contributed by atoms with Crippen molar-refractivity contribution in [3.05, 3.63) is 42.0 Å². The average Bonchev–Trinajstić information content (AvgIpc) is 3.12. The van der Waals surface area contributed by atoms with Crippen LogP contribution in [0.2, 0.25) is 0 Å². The van der Waals surface area contributed by atoms with Crippen LogP contribution in [0.25, 0.3) is 6.08 Å². The van der Waals surface area contributed by atoms with Crippen molar-refractivity contribution in [2.24, 2.45) is 10.9 Å². The van der Waals surface area contributed by atoms with Crippen LogP contribution in [-0.4, -0.2) is 24.3 Å². The molecule has 0 amide bonds. The maximum atomic E-state index is 11.8. The molecule has 18 heavy (non-hydrogen) atoms. The molecule has 1 unspecified atom stereocenters. The molecule has 0 fully saturated rings. The second-order valence-corrected chi connectivity index (χ2v) is 4.65. The second kappa shape index (κ2) is 4.77. The fourth-order valence-corrected chi connectivity index (χ4v) is 2.03. The maximum absolute atomic E-state index is 11.8. The van der Waals surface area contributed by atoms with Gasteiger partial charge in [0, 0.05) is 0 Å². The number of hydrogen-bond acceptors (Lipinski definition) is 3. The first-order valence-corrected chi connectivity index (χ1v) is 6.03. The van der Waals surface area contributed by atoms with Gasteiger partial charge in [-0.05, 0) is 17.6 Å². The third kappa shape index (κ3) is 2.08. The lowest BCUT2D eigenvalue weighted by Gasteiger charge is -2.15. The van der Waals surface area contributed by atoms with Crippen LogP contribution in [0.5, 0.6) is 0 Å². The Bertz CT molecular complexity index is 502. The molecule has 1 heterocycles. The summed E-state index contributed by atoms with van der Waals surface area (Å²) in [6.45, 7) is 3.95. The summed E-state index contributed by atoms with van der Waals surface area (Å²) in [6, 6.07) is 9.94. The molecule has 1 aliphatic heterocycles. The Morgan fingerprint density at radius 1 is 1.28 bits per heavy atom. The van der Waals surface area contributed by atoms with Gasteiger partial charge in [0.05, 0.1) is 12.8 Å². The van der Waals surface area contributed by atoms with Gasteiger partial charge in [-0.2, -0.15) is 0 Å². The minimum absolute atomic E-state index is 0.111. The van der Waals surface area contributed by atoms with Crippen molar-refractivity contribution in [3.8, 4) is 0 Å². The van der Waals surface area contributed by atoms with Crippen molar-refractivity contribution in [1.82, 2.24) is 0 Å². The Kier molecular flexibility index (Phi) is 3.32. The van der Waals surface area contributed by atoms with Gasteiger partial charge in [0.1, 0.15) is 0 Å². The first-order valence-electron chi connectivity index (χ1n) is 6.03. The van der Waals surface area contributed by atoms with Crippen LogP contribution in [0.3, 0.4) is 0 Å². The minimum atomic E-state index is -0.750.